The van der Waals surface area contributed by atoms with E-state index in [2.05, 4.69) is 74.9 Å². The Morgan fingerprint density at radius 1 is 0.886 bits per heavy atom. The van der Waals surface area contributed by atoms with E-state index in [1.54, 1.807) is 0 Å². The minimum absolute atomic E-state index is 0.0443. The number of benzene rings is 3. The van der Waals surface area contributed by atoms with Crippen LogP contribution >= 0.6 is 0 Å². The summed E-state index contributed by atoms with van der Waals surface area (Å²) in [6.07, 6.45) is 3.00. The van der Waals surface area contributed by atoms with Gasteiger partial charge in [-0.05, 0) is 29.5 Å². The van der Waals surface area contributed by atoms with Crippen LogP contribution in [0.25, 0.3) is 11.3 Å². The molecule has 0 fully saturated rings. The van der Waals surface area contributed by atoms with Gasteiger partial charge in [-0.3, -0.25) is 4.79 Å². The first-order chi connectivity index (χ1) is 16.9. The van der Waals surface area contributed by atoms with Crippen molar-refractivity contribution in [1.82, 2.24) is 14.5 Å². The molecule has 4 aromatic rings. The molecule has 0 bridgehead atoms. The number of nitrogens with zero attached hydrogens (tertiary/aromatic N) is 3. The highest BCUT2D eigenvalue weighted by Gasteiger charge is 2.38. The van der Waals surface area contributed by atoms with Gasteiger partial charge < -0.3 is 9.47 Å². The van der Waals surface area contributed by atoms with Crippen LogP contribution in [0, 0.1) is 5.41 Å². The van der Waals surface area contributed by atoms with Gasteiger partial charge in [0.25, 0.3) is 5.91 Å². The van der Waals surface area contributed by atoms with Gasteiger partial charge in [0.1, 0.15) is 5.82 Å². The van der Waals surface area contributed by atoms with E-state index in [0.717, 1.165) is 23.5 Å². The Bertz CT molecular complexity index is 1220. The monoisotopic (exact) mass is 465 g/mol. The van der Waals surface area contributed by atoms with Gasteiger partial charge >= 0.3 is 0 Å². The number of aromatic nitrogens is 2. The number of carbonyl (C=O) groups excluding carboxylic acids is 1. The summed E-state index contributed by atoms with van der Waals surface area (Å²) in [5.74, 6) is 0.959. The van der Waals surface area contributed by atoms with E-state index in [4.69, 9.17) is 4.98 Å². The van der Waals surface area contributed by atoms with E-state index in [-0.39, 0.29) is 17.4 Å². The maximum atomic E-state index is 13.8. The Labute approximate surface area is 209 Å². The lowest BCUT2D eigenvalue weighted by molar-refractivity contribution is 0.0484. The average Bonchev–Trinajstić information content (AvgIpc) is 3.27. The summed E-state index contributed by atoms with van der Waals surface area (Å²) in [7, 11) is 0. The van der Waals surface area contributed by atoms with Crippen LogP contribution in [0.4, 0.5) is 0 Å². The first-order valence-electron chi connectivity index (χ1n) is 12.4. The van der Waals surface area contributed by atoms with Gasteiger partial charge in [-0.2, -0.15) is 0 Å². The summed E-state index contributed by atoms with van der Waals surface area (Å²) in [6, 6.07) is 30.1. The SMILES string of the molecule is CCCN(C(=O)c1ccccc1)[C@@H](c1nc(-c2ccccc2)cn1Cc1ccccc1)C(C)(C)C. The molecular formula is C31H35N3O. The van der Waals surface area contributed by atoms with Crippen LogP contribution in [0.2, 0.25) is 0 Å². The van der Waals surface area contributed by atoms with E-state index in [0.29, 0.717) is 18.7 Å². The molecule has 4 nitrogen and oxygen atoms in total. The summed E-state index contributed by atoms with van der Waals surface area (Å²) in [4.78, 5) is 21.0. The normalized spacial score (nSPS) is 12.3. The zero-order valence-electron chi connectivity index (χ0n) is 21.2. The highest BCUT2D eigenvalue weighted by molar-refractivity contribution is 5.94. The molecule has 35 heavy (non-hydrogen) atoms. The molecule has 3 aromatic carbocycles. The van der Waals surface area contributed by atoms with Crippen molar-refractivity contribution in [3.63, 3.8) is 0 Å². The molecule has 0 saturated heterocycles. The molecule has 4 rings (SSSR count). The molecule has 0 saturated carbocycles. The van der Waals surface area contributed by atoms with E-state index in [9.17, 15) is 4.79 Å². The van der Waals surface area contributed by atoms with Crippen LogP contribution in [0.3, 0.4) is 0 Å². The van der Waals surface area contributed by atoms with Crippen LogP contribution in [-0.4, -0.2) is 26.9 Å². The van der Waals surface area contributed by atoms with Crippen LogP contribution < -0.4 is 0 Å². The Kier molecular flexibility index (Phi) is 7.50. The molecule has 0 unspecified atom stereocenters. The second-order valence-electron chi connectivity index (χ2n) is 10.1. The summed E-state index contributed by atoms with van der Waals surface area (Å²) in [5.41, 5.74) is 3.68. The van der Waals surface area contributed by atoms with Crippen molar-refractivity contribution in [3.05, 3.63) is 114 Å². The maximum absolute atomic E-state index is 13.8. The number of amides is 1. The van der Waals surface area contributed by atoms with Gasteiger partial charge in [0.05, 0.1) is 11.7 Å². The van der Waals surface area contributed by atoms with E-state index < -0.39 is 0 Å². The molecule has 1 amide bonds. The first kappa shape index (κ1) is 24.5. The fraction of sp³-hybridized carbons (Fsp3) is 0.290. The minimum atomic E-state index is -0.229. The fourth-order valence-corrected chi connectivity index (χ4v) is 4.63. The van der Waals surface area contributed by atoms with Crippen molar-refractivity contribution in [3.8, 4) is 11.3 Å². The molecule has 1 atom stereocenters. The maximum Gasteiger partial charge on any atom is 0.254 e. The number of rotatable bonds is 8. The zero-order valence-corrected chi connectivity index (χ0v) is 21.2. The summed E-state index contributed by atoms with van der Waals surface area (Å²) < 4.78 is 2.23. The average molecular weight is 466 g/mol. The van der Waals surface area contributed by atoms with Crippen LogP contribution in [0.1, 0.15) is 61.9 Å². The molecule has 0 aliphatic rings. The van der Waals surface area contributed by atoms with Crippen molar-refractivity contribution in [2.24, 2.45) is 5.41 Å². The molecule has 1 aromatic heterocycles. The summed E-state index contributed by atoms with van der Waals surface area (Å²) >= 11 is 0. The number of hydrogen-bond acceptors (Lipinski definition) is 2. The van der Waals surface area contributed by atoms with Gasteiger partial charge in [0.2, 0.25) is 0 Å². The molecule has 0 radical (unpaired) electrons. The number of hydrogen-bond donors (Lipinski definition) is 0. The van der Waals surface area contributed by atoms with E-state index >= 15 is 0 Å². The minimum Gasteiger partial charge on any atom is -0.328 e. The Hall–Kier alpha value is -3.66. The fourth-order valence-electron chi connectivity index (χ4n) is 4.63. The topological polar surface area (TPSA) is 38.1 Å². The summed E-state index contributed by atoms with van der Waals surface area (Å²) in [5, 5.41) is 0. The second-order valence-corrected chi connectivity index (χ2v) is 10.1. The van der Waals surface area contributed by atoms with Crippen LogP contribution in [0.15, 0.2) is 97.2 Å². The largest absolute Gasteiger partial charge is 0.328 e. The number of carbonyl (C=O) groups is 1. The summed E-state index contributed by atoms with van der Waals surface area (Å²) in [6.45, 7) is 10.1. The molecular weight excluding hydrogens is 430 g/mol. The molecule has 0 aliphatic heterocycles. The third kappa shape index (κ3) is 5.71. The standard InChI is InChI=1S/C31H35N3O/c1-5-21-34(30(35)26-19-13-8-14-20-26)28(31(2,3)4)29-32-27(25-17-11-7-12-18-25)23-33(29)22-24-15-9-6-10-16-24/h6-20,23,28H,5,21-22H2,1-4H3/t28-/m0/s1. The molecule has 0 aliphatic carbocycles. The van der Waals surface area contributed by atoms with Crippen LogP contribution in [-0.2, 0) is 6.54 Å². The Balaban J connectivity index is 1.85. The highest BCUT2D eigenvalue weighted by Crippen LogP contribution is 2.39. The second kappa shape index (κ2) is 10.7. The number of imidazole rings is 1. The molecule has 0 N–H and O–H groups in total. The lowest BCUT2D eigenvalue weighted by Crippen LogP contribution is -2.43. The van der Waals surface area contributed by atoms with Crippen molar-refractivity contribution >= 4 is 5.91 Å². The Morgan fingerprint density at radius 2 is 1.46 bits per heavy atom. The van der Waals surface area contributed by atoms with Gasteiger partial charge in [-0.1, -0.05) is 107 Å². The van der Waals surface area contributed by atoms with Gasteiger partial charge in [0, 0.05) is 30.4 Å². The highest BCUT2D eigenvalue weighted by atomic mass is 16.2. The van der Waals surface area contributed by atoms with Crippen molar-refractivity contribution in [2.75, 3.05) is 6.54 Å². The molecule has 180 valence electrons. The van der Waals surface area contributed by atoms with E-state index in [1.807, 2.05) is 59.5 Å². The molecule has 1 heterocycles. The molecule has 0 spiro atoms. The Morgan fingerprint density at radius 3 is 2.03 bits per heavy atom. The lowest BCUT2D eigenvalue weighted by atomic mass is 9.84. The third-order valence-corrected chi connectivity index (χ3v) is 6.20. The quantitative estimate of drug-likeness (QED) is 0.275. The smallest absolute Gasteiger partial charge is 0.254 e. The lowest BCUT2D eigenvalue weighted by Gasteiger charge is -2.40. The zero-order chi connectivity index (χ0) is 24.8. The third-order valence-electron chi connectivity index (χ3n) is 6.20. The van der Waals surface area contributed by atoms with Crippen LogP contribution in [0.5, 0.6) is 0 Å². The van der Waals surface area contributed by atoms with E-state index in [1.165, 1.54) is 5.56 Å². The predicted octanol–water partition coefficient (Wildman–Crippen LogP) is 7.24. The van der Waals surface area contributed by atoms with Crippen molar-refractivity contribution in [2.45, 2.75) is 46.7 Å². The van der Waals surface area contributed by atoms with Crippen molar-refractivity contribution in [1.29, 1.82) is 0 Å². The first-order valence-corrected chi connectivity index (χ1v) is 12.4. The van der Waals surface area contributed by atoms with Gasteiger partial charge in [-0.25, -0.2) is 4.98 Å². The van der Waals surface area contributed by atoms with Gasteiger partial charge in [-0.15, -0.1) is 0 Å². The van der Waals surface area contributed by atoms with Crippen molar-refractivity contribution < 1.29 is 4.79 Å². The molecule has 4 heteroatoms. The van der Waals surface area contributed by atoms with Gasteiger partial charge in [0.15, 0.2) is 0 Å². The predicted molar refractivity (Wildman–Crippen MR) is 143 cm³/mol.